The second kappa shape index (κ2) is 10.7. The van der Waals surface area contributed by atoms with E-state index in [1.54, 1.807) is 0 Å². The summed E-state index contributed by atoms with van der Waals surface area (Å²) in [6.45, 7) is 6.03. The Labute approximate surface area is 172 Å². The molecule has 2 aromatic carbocycles. The predicted octanol–water partition coefficient (Wildman–Crippen LogP) is 5.35. The Morgan fingerprint density at radius 1 is 1.00 bits per heavy atom. The highest BCUT2D eigenvalue weighted by atomic mass is 35.5. The minimum Gasteiger partial charge on any atom is -0.493 e. The maximum absolute atomic E-state index is 12.1. The average molecular weight is 399 g/mol. The Kier molecular flexibility index (Phi) is 8.27. The molecular formula is C23H27ClN2O2. The van der Waals surface area contributed by atoms with E-state index in [9.17, 15) is 4.79 Å². The van der Waals surface area contributed by atoms with Gasteiger partial charge in [-0.3, -0.25) is 4.79 Å². The van der Waals surface area contributed by atoms with Gasteiger partial charge in [0.15, 0.2) is 0 Å². The first-order valence-electron chi connectivity index (χ1n) is 9.58. The van der Waals surface area contributed by atoms with Crippen molar-refractivity contribution in [3.63, 3.8) is 0 Å². The highest BCUT2D eigenvalue weighted by Crippen LogP contribution is 2.30. The molecular weight excluding hydrogens is 372 g/mol. The summed E-state index contributed by atoms with van der Waals surface area (Å²) in [6, 6.07) is 20.1. The SMILES string of the molecule is CCN(CC)C(=O)CCCOc1cc(-c2ccccc2)nc2ccccc12.Cl. The van der Waals surface area contributed by atoms with Gasteiger partial charge in [0, 0.05) is 36.5 Å². The molecule has 0 spiro atoms. The zero-order valence-electron chi connectivity index (χ0n) is 16.4. The molecule has 0 saturated heterocycles. The van der Waals surface area contributed by atoms with Gasteiger partial charge in [-0.25, -0.2) is 4.98 Å². The molecule has 0 N–H and O–H groups in total. The van der Waals surface area contributed by atoms with Crippen molar-refractivity contribution >= 4 is 29.2 Å². The zero-order chi connectivity index (χ0) is 19.1. The molecule has 1 aromatic heterocycles. The molecule has 0 aliphatic heterocycles. The Morgan fingerprint density at radius 3 is 2.39 bits per heavy atom. The summed E-state index contributed by atoms with van der Waals surface area (Å²) in [4.78, 5) is 18.8. The number of carbonyl (C=O) groups is 1. The van der Waals surface area contributed by atoms with E-state index in [2.05, 4.69) is 0 Å². The standard InChI is InChI=1S/C23H26N2O2.ClH/c1-3-25(4-2)23(26)15-10-16-27-22-17-21(18-11-6-5-7-12-18)24-20-14-9-8-13-19(20)22;/h5-9,11-14,17H,3-4,10,15-16H2,1-2H3;1H. The van der Waals surface area contributed by atoms with Crippen molar-refractivity contribution in [3.8, 4) is 17.0 Å². The van der Waals surface area contributed by atoms with Crippen LogP contribution in [-0.4, -0.2) is 35.5 Å². The largest absolute Gasteiger partial charge is 0.493 e. The number of carbonyl (C=O) groups excluding carboxylic acids is 1. The summed E-state index contributed by atoms with van der Waals surface area (Å²) in [5.41, 5.74) is 2.86. The van der Waals surface area contributed by atoms with Crippen molar-refractivity contribution in [2.75, 3.05) is 19.7 Å². The topological polar surface area (TPSA) is 42.4 Å². The summed E-state index contributed by atoms with van der Waals surface area (Å²) < 4.78 is 6.07. The van der Waals surface area contributed by atoms with Crippen molar-refractivity contribution in [2.24, 2.45) is 0 Å². The lowest BCUT2D eigenvalue weighted by atomic mass is 10.1. The highest BCUT2D eigenvalue weighted by Gasteiger charge is 2.11. The first kappa shape index (κ1) is 21.7. The van der Waals surface area contributed by atoms with Crippen LogP contribution in [0.15, 0.2) is 60.7 Å². The van der Waals surface area contributed by atoms with Gasteiger partial charge in [-0.05, 0) is 32.4 Å². The number of pyridine rings is 1. The molecule has 28 heavy (non-hydrogen) atoms. The van der Waals surface area contributed by atoms with Crippen LogP contribution in [0, 0.1) is 0 Å². The van der Waals surface area contributed by atoms with Crippen LogP contribution in [0.25, 0.3) is 22.2 Å². The minimum absolute atomic E-state index is 0. The second-order valence-electron chi connectivity index (χ2n) is 6.41. The van der Waals surface area contributed by atoms with E-state index >= 15 is 0 Å². The number of para-hydroxylation sites is 1. The van der Waals surface area contributed by atoms with Crippen LogP contribution >= 0.6 is 12.4 Å². The van der Waals surface area contributed by atoms with Crippen molar-refractivity contribution in [2.45, 2.75) is 26.7 Å². The summed E-state index contributed by atoms with van der Waals surface area (Å²) >= 11 is 0. The number of fused-ring (bicyclic) bond motifs is 1. The van der Waals surface area contributed by atoms with E-state index in [1.165, 1.54) is 0 Å². The normalized spacial score (nSPS) is 10.4. The molecule has 0 radical (unpaired) electrons. The lowest BCUT2D eigenvalue weighted by molar-refractivity contribution is -0.131. The number of halogens is 1. The van der Waals surface area contributed by atoms with Gasteiger partial charge in [0.2, 0.25) is 5.91 Å². The number of amides is 1. The van der Waals surface area contributed by atoms with Crippen molar-refractivity contribution in [1.82, 2.24) is 9.88 Å². The maximum Gasteiger partial charge on any atom is 0.222 e. The summed E-state index contributed by atoms with van der Waals surface area (Å²) in [5, 5.41) is 0.993. The molecule has 1 amide bonds. The van der Waals surface area contributed by atoms with Crippen LogP contribution < -0.4 is 4.74 Å². The van der Waals surface area contributed by atoms with Crippen molar-refractivity contribution < 1.29 is 9.53 Å². The van der Waals surface area contributed by atoms with E-state index < -0.39 is 0 Å². The number of hydrogen-bond donors (Lipinski definition) is 0. The third-order valence-corrected chi connectivity index (χ3v) is 4.66. The molecule has 1 heterocycles. The Morgan fingerprint density at radius 2 is 1.68 bits per heavy atom. The molecule has 3 aromatic rings. The maximum atomic E-state index is 12.1. The number of hydrogen-bond acceptors (Lipinski definition) is 3. The van der Waals surface area contributed by atoms with Crippen LogP contribution in [0.2, 0.25) is 0 Å². The molecule has 0 unspecified atom stereocenters. The van der Waals surface area contributed by atoms with Crippen LogP contribution in [-0.2, 0) is 4.79 Å². The fraction of sp³-hybridized carbons (Fsp3) is 0.304. The van der Waals surface area contributed by atoms with E-state index in [0.717, 1.165) is 41.0 Å². The fourth-order valence-electron chi connectivity index (χ4n) is 3.16. The smallest absolute Gasteiger partial charge is 0.222 e. The summed E-state index contributed by atoms with van der Waals surface area (Å²) in [7, 11) is 0. The highest BCUT2D eigenvalue weighted by molar-refractivity contribution is 5.88. The van der Waals surface area contributed by atoms with Crippen LogP contribution in [0.3, 0.4) is 0 Å². The fourth-order valence-corrected chi connectivity index (χ4v) is 3.16. The lowest BCUT2D eigenvalue weighted by Gasteiger charge is -2.18. The molecule has 4 nitrogen and oxygen atoms in total. The monoisotopic (exact) mass is 398 g/mol. The van der Waals surface area contributed by atoms with Crippen molar-refractivity contribution in [1.29, 1.82) is 0 Å². The molecule has 0 fully saturated rings. The van der Waals surface area contributed by atoms with Gasteiger partial charge < -0.3 is 9.64 Å². The van der Waals surface area contributed by atoms with Gasteiger partial charge >= 0.3 is 0 Å². The third kappa shape index (κ3) is 5.23. The van der Waals surface area contributed by atoms with E-state index in [4.69, 9.17) is 9.72 Å². The minimum atomic E-state index is 0. The van der Waals surface area contributed by atoms with E-state index in [-0.39, 0.29) is 18.3 Å². The van der Waals surface area contributed by atoms with Crippen molar-refractivity contribution in [3.05, 3.63) is 60.7 Å². The number of rotatable bonds is 8. The molecule has 3 rings (SSSR count). The number of benzene rings is 2. The number of nitrogens with zero attached hydrogens (tertiary/aromatic N) is 2. The summed E-state index contributed by atoms with van der Waals surface area (Å²) in [5.74, 6) is 1.00. The van der Waals surface area contributed by atoms with Gasteiger partial charge in [0.25, 0.3) is 0 Å². The Bertz CT molecular complexity index is 896. The molecule has 5 heteroatoms. The first-order valence-corrected chi connectivity index (χ1v) is 9.58. The zero-order valence-corrected chi connectivity index (χ0v) is 17.2. The quantitative estimate of drug-likeness (QED) is 0.480. The summed E-state index contributed by atoms with van der Waals surface area (Å²) in [6.07, 6.45) is 1.21. The van der Waals surface area contributed by atoms with Crippen LogP contribution in [0.4, 0.5) is 0 Å². The van der Waals surface area contributed by atoms with Crippen LogP contribution in [0.5, 0.6) is 5.75 Å². The molecule has 148 valence electrons. The molecule has 0 saturated carbocycles. The lowest BCUT2D eigenvalue weighted by Crippen LogP contribution is -2.30. The van der Waals surface area contributed by atoms with Crippen LogP contribution in [0.1, 0.15) is 26.7 Å². The van der Waals surface area contributed by atoms with Gasteiger partial charge in [0.1, 0.15) is 5.75 Å². The average Bonchev–Trinajstić information content (AvgIpc) is 2.72. The van der Waals surface area contributed by atoms with Gasteiger partial charge in [-0.15, -0.1) is 12.4 Å². The molecule has 0 aliphatic rings. The van der Waals surface area contributed by atoms with Gasteiger partial charge in [0.05, 0.1) is 17.8 Å². The predicted molar refractivity (Wildman–Crippen MR) is 117 cm³/mol. The third-order valence-electron chi connectivity index (χ3n) is 4.66. The van der Waals surface area contributed by atoms with Gasteiger partial charge in [-0.2, -0.15) is 0 Å². The second-order valence-corrected chi connectivity index (χ2v) is 6.41. The van der Waals surface area contributed by atoms with E-state index in [0.29, 0.717) is 19.4 Å². The van der Waals surface area contributed by atoms with Gasteiger partial charge in [-0.1, -0.05) is 42.5 Å². The van der Waals surface area contributed by atoms with E-state index in [1.807, 2.05) is 79.4 Å². The number of ether oxygens (including phenoxy) is 1. The Hall–Kier alpha value is -2.59. The Balaban J connectivity index is 0.00000280. The number of aromatic nitrogens is 1. The molecule has 0 aliphatic carbocycles. The molecule has 0 bridgehead atoms. The molecule has 0 atom stereocenters. The first-order chi connectivity index (χ1) is 13.2.